The van der Waals surface area contributed by atoms with Crippen molar-refractivity contribution >= 4 is 28.2 Å². The van der Waals surface area contributed by atoms with E-state index < -0.39 is 15.9 Å². The van der Waals surface area contributed by atoms with Crippen LogP contribution in [0.1, 0.15) is 6.92 Å². The highest BCUT2D eigenvalue weighted by Crippen LogP contribution is 2.15. The molecule has 0 saturated carbocycles. The summed E-state index contributed by atoms with van der Waals surface area (Å²) < 4.78 is 27.8. The molecule has 0 aromatic heterocycles. The highest BCUT2D eigenvalue weighted by molar-refractivity contribution is 7.90. The molecule has 1 amide bonds. The van der Waals surface area contributed by atoms with Gasteiger partial charge in [-0.25, -0.2) is 8.42 Å². The Hall–Kier alpha value is -1.31. The van der Waals surface area contributed by atoms with Crippen molar-refractivity contribution < 1.29 is 17.9 Å². The standard InChI is InChI=1S/C12H18N2O4S.ClH/c1-9(13)12(15)14-7-8-18-10-3-5-11(6-4-10)19(2,16)17;/h3-6,9H,7-8,13H2,1-2H3,(H,14,15);1H/t9-;/m0./s1. The van der Waals surface area contributed by atoms with Crippen LogP contribution in [0.25, 0.3) is 0 Å². The Morgan fingerprint density at radius 3 is 2.35 bits per heavy atom. The zero-order valence-electron chi connectivity index (χ0n) is 11.3. The molecule has 1 rings (SSSR count). The predicted molar refractivity (Wildman–Crippen MR) is 79.0 cm³/mol. The number of ether oxygens (including phenoxy) is 1. The summed E-state index contributed by atoms with van der Waals surface area (Å²) in [6, 6.07) is 5.55. The van der Waals surface area contributed by atoms with E-state index in [2.05, 4.69) is 5.32 Å². The molecule has 0 fully saturated rings. The zero-order valence-corrected chi connectivity index (χ0v) is 13.0. The summed E-state index contributed by atoms with van der Waals surface area (Å²) in [5.41, 5.74) is 5.38. The summed E-state index contributed by atoms with van der Waals surface area (Å²) in [5.74, 6) is 0.304. The van der Waals surface area contributed by atoms with Gasteiger partial charge in [0, 0.05) is 6.26 Å². The van der Waals surface area contributed by atoms with Crippen molar-refractivity contribution in [2.24, 2.45) is 5.73 Å². The minimum atomic E-state index is -3.19. The smallest absolute Gasteiger partial charge is 0.236 e. The second-order valence-electron chi connectivity index (χ2n) is 4.17. The average Bonchev–Trinajstić information content (AvgIpc) is 2.33. The fourth-order valence-electron chi connectivity index (χ4n) is 1.29. The topological polar surface area (TPSA) is 98.5 Å². The molecule has 0 unspecified atom stereocenters. The van der Waals surface area contributed by atoms with E-state index in [9.17, 15) is 13.2 Å². The first-order valence-corrected chi connectivity index (χ1v) is 7.66. The summed E-state index contributed by atoms with van der Waals surface area (Å²) in [5, 5.41) is 2.60. The number of nitrogens with one attached hydrogen (secondary N) is 1. The summed E-state index contributed by atoms with van der Waals surface area (Å²) in [4.78, 5) is 11.4. The first-order valence-electron chi connectivity index (χ1n) is 5.77. The van der Waals surface area contributed by atoms with E-state index in [-0.39, 0.29) is 29.8 Å². The van der Waals surface area contributed by atoms with Crippen LogP contribution in [-0.2, 0) is 14.6 Å². The molecule has 8 heteroatoms. The highest BCUT2D eigenvalue weighted by Gasteiger charge is 2.07. The number of amides is 1. The number of carbonyl (C=O) groups is 1. The Morgan fingerprint density at radius 1 is 1.35 bits per heavy atom. The third kappa shape index (κ3) is 6.23. The molecular weight excluding hydrogens is 304 g/mol. The average molecular weight is 323 g/mol. The molecule has 3 N–H and O–H groups in total. The molecule has 114 valence electrons. The lowest BCUT2D eigenvalue weighted by atomic mass is 10.3. The van der Waals surface area contributed by atoms with Gasteiger partial charge in [-0.15, -0.1) is 12.4 Å². The van der Waals surface area contributed by atoms with E-state index in [0.29, 0.717) is 12.3 Å². The van der Waals surface area contributed by atoms with Gasteiger partial charge in [0.05, 0.1) is 17.5 Å². The highest BCUT2D eigenvalue weighted by atomic mass is 35.5. The number of carbonyl (C=O) groups excluding carboxylic acids is 1. The molecule has 6 nitrogen and oxygen atoms in total. The van der Waals surface area contributed by atoms with Crippen LogP contribution in [0.2, 0.25) is 0 Å². The van der Waals surface area contributed by atoms with Gasteiger partial charge >= 0.3 is 0 Å². The summed E-state index contributed by atoms with van der Waals surface area (Å²) in [6.45, 7) is 2.23. The molecule has 20 heavy (non-hydrogen) atoms. The van der Waals surface area contributed by atoms with E-state index in [0.717, 1.165) is 6.26 Å². The molecule has 0 saturated heterocycles. The van der Waals surface area contributed by atoms with Crippen LogP contribution in [0.15, 0.2) is 29.2 Å². The summed E-state index contributed by atoms with van der Waals surface area (Å²) in [7, 11) is -3.19. The first-order chi connectivity index (χ1) is 8.80. The Bertz CT molecular complexity index is 529. The van der Waals surface area contributed by atoms with Gasteiger partial charge in [-0.3, -0.25) is 4.79 Å². The van der Waals surface area contributed by atoms with Gasteiger partial charge in [0.2, 0.25) is 5.91 Å². The Kier molecular flexibility index (Phi) is 7.55. The van der Waals surface area contributed by atoms with Crippen molar-refractivity contribution in [3.8, 4) is 5.75 Å². The summed E-state index contributed by atoms with van der Waals surface area (Å²) in [6.07, 6.45) is 1.15. The van der Waals surface area contributed by atoms with Gasteiger partial charge in [0.1, 0.15) is 12.4 Å². The lowest BCUT2D eigenvalue weighted by Crippen LogP contribution is -2.40. The van der Waals surface area contributed by atoms with Crippen molar-refractivity contribution in [1.29, 1.82) is 0 Å². The molecule has 0 aliphatic carbocycles. The fraction of sp³-hybridized carbons (Fsp3) is 0.417. The Labute approximate surface area is 125 Å². The number of benzene rings is 1. The normalized spacial score (nSPS) is 12.2. The monoisotopic (exact) mass is 322 g/mol. The van der Waals surface area contributed by atoms with Crippen molar-refractivity contribution in [3.63, 3.8) is 0 Å². The first kappa shape index (κ1) is 18.7. The lowest BCUT2D eigenvalue weighted by molar-refractivity contribution is -0.122. The number of nitrogens with two attached hydrogens (primary N) is 1. The molecule has 0 bridgehead atoms. The van der Waals surface area contributed by atoms with Crippen molar-refractivity contribution in [1.82, 2.24) is 5.32 Å². The Balaban J connectivity index is 0.00000361. The van der Waals surface area contributed by atoms with E-state index in [1.807, 2.05) is 0 Å². The van der Waals surface area contributed by atoms with Crippen LogP contribution in [-0.4, -0.2) is 39.8 Å². The zero-order chi connectivity index (χ0) is 14.5. The number of sulfone groups is 1. The van der Waals surface area contributed by atoms with Gasteiger partial charge in [-0.2, -0.15) is 0 Å². The molecule has 1 aromatic carbocycles. The maximum atomic E-state index is 11.2. The largest absolute Gasteiger partial charge is 0.492 e. The molecule has 1 aromatic rings. The van der Waals surface area contributed by atoms with Gasteiger partial charge < -0.3 is 15.8 Å². The molecular formula is C12H19ClN2O4S. The van der Waals surface area contributed by atoms with Crippen molar-refractivity contribution in [2.75, 3.05) is 19.4 Å². The molecule has 0 heterocycles. The van der Waals surface area contributed by atoms with Crippen LogP contribution in [0.4, 0.5) is 0 Å². The minimum absolute atomic E-state index is 0. The van der Waals surface area contributed by atoms with Crippen LogP contribution in [0.5, 0.6) is 5.75 Å². The third-order valence-electron chi connectivity index (χ3n) is 2.34. The molecule has 1 atom stereocenters. The third-order valence-corrected chi connectivity index (χ3v) is 3.46. The quantitative estimate of drug-likeness (QED) is 0.737. The van der Waals surface area contributed by atoms with Crippen molar-refractivity contribution in [3.05, 3.63) is 24.3 Å². The molecule has 0 aliphatic rings. The van der Waals surface area contributed by atoms with Crippen molar-refractivity contribution in [2.45, 2.75) is 17.9 Å². The van der Waals surface area contributed by atoms with Crippen LogP contribution in [0.3, 0.4) is 0 Å². The van der Waals surface area contributed by atoms with E-state index in [1.54, 1.807) is 19.1 Å². The number of halogens is 1. The second kappa shape index (κ2) is 8.08. The maximum absolute atomic E-state index is 11.2. The SMILES string of the molecule is C[C@H](N)C(=O)NCCOc1ccc(S(C)(=O)=O)cc1.Cl. The minimum Gasteiger partial charge on any atom is -0.492 e. The van der Waals surface area contributed by atoms with Crippen LogP contribution >= 0.6 is 12.4 Å². The summed E-state index contributed by atoms with van der Waals surface area (Å²) >= 11 is 0. The molecule has 0 aliphatic heterocycles. The predicted octanol–water partition coefficient (Wildman–Crippen LogP) is 0.354. The molecule has 0 radical (unpaired) electrons. The van der Waals surface area contributed by atoms with Gasteiger partial charge in [-0.05, 0) is 31.2 Å². The van der Waals surface area contributed by atoms with E-state index in [1.165, 1.54) is 12.1 Å². The number of rotatable bonds is 6. The van der Waals surface area contributed by atoms with Gasteiger partial charge in [-0.1, -0.05) is 0 Å². The second-order valence-corrected chi connectivity index (χ2v) is 6.19. The lowest BCUT2D eigenvalue weighted by Gasteiger charge is -2.09. The Morgan fingerprint density at radius 2 is 1.90 bits per heavy atom. The maximum Gasteiger partial charge on any atom is 0.236 e. The van der Waals surface area contributed by atoms with Crippen LogP contribution < -0.4 is 15.8 Å². The van der Waals surface area contributed by atoms with Gasteiger partial charge in [0.25, 0.3) is 0 Å². The van der Waals surface area contributed by atoms with Gasteiger partial charge in [0.15, 0.2) is 9.84 Å². The number of hydrogen-bond donors (Lipinski definition) is 2. The fourth-order valence-corrected chi connectivity index (χ4v) is 1.92. The number of hydrogen-bond acceptors (Lipinski definition) is 5. The van der Waals surface area contributed by atoms with E-state index >= 15 is 0 Å². The molecule has 0 spiro atoms. The van der Waals surface area contributed by atoms with E-state index in [4.69, 9.17) is 10.5 Å². The van der Waals surface area contributed by atoms with Crippen LogP contribution in [0, 0.1) is 0 Å².